The molecule has 0 unspecified atom stereocenters. The minimum absolute atomic E-state index is 0.0290. The third kappa shape index (κ3) is 3.50. The molecule has 0 saturated heterocycles. The minimum Gasteiger partial charge on any atom is -0.277 e. The molecule has 7 heteroatoms. The second-order valence-corrected chi connectivity index (χ2v) is 7.55. The first kappa shape index (κ1) is 17.1. The van der Waals surface area contributed by atoms with E-state index in [0.29, 0.717) is 22.5 Å². The molecule has 0 radical (unpaired) electrons. The van der Waals surface area contributed by atoms with Crippen molar-refractivity contribution in [3.8, 4) is 11.3 Å². The number of nitrogens with zero attached hydrogens (tertiary/aromatic N) is 2. The molecule has 0 amide bonds. The standard InChI is InChI=1S/C20H14FN3O2S/c21-16-8-6-14(7-9-16)18-11-10-17(13-23-18)27(25,26)24-19-5-1-3-15-4-2-12-22-20(15)19/h1-13,24H. The van der Waals surface area contributed by atoms with Crippen LogP contribution in [0.5, 0.6) is 0 Å². The summed E-state index contributed by atoms with van der Waals surface area (Å²) in [5.41, 5.74) is 2.22. The molecule has 4 aromatic rings. The van der Waals surface area contributed by atoms with Crippen molar-refractivity contribution in [1.82, 2.24) is 9.97 Å². The van der Waals surface area contributed by atoms with E-state index in [9.17, 15) is 12.8 Å². The molecule has 0 aliphatic carbocycles. The summed E-state index contributed by atoms with van der Waals surface area (Å²) < 4.78 is 41.0. The van der Waals surface area contributed by atoms with E-state index in [2.05, 4.69) is 14.7 Å². The molecular formula is C20H14FN3O2S. The minimum atomic E-state index is -3.82. The van der Waals surface area contributed by atoms with Gasteiger partial charge in [-0.2, -0.15) is 0 Å². The van der Waals surface area contributed by atoms with Crippen LogP contribution in [0.25, 0.3) is 22.2 Å². The number of hydrogen-bond donors (Lipinski definition) is 1. The maximum absolute atomic E-state index is 13.0. The SMILES string of the molecule is O=S(=O)(Nc1cccc2cccnc12)c1ccc(-c2ccc(F)cc2)nc1. The Bertz CT molecular complexity index is 1200. The Morgan fingerprint density at radius 1 is 0.852 bits per heavy atom. The highest BCUT2D eigenvalue weighted by atomic mass is 32.2. The van der Waals surface area contributed by atoms with Crippen LogP contribution in [0.4, 0.5) is 10.1 Å². The largest absolute Gasteiger partial charge is 0.277 e. The van der Waals surface area contributed by atoms with Gasteiger partial charge in [0.15, 0.2) is 0 Å². The van der Waals surface area contributed by atoms with E-state index in [1.165, 1.54) is 24.4 Å². The van der Waals surface area contributed by atoms with Crippen molar-refractivity contribution >= 4 is 26.6 Å². The summed E-state index contributed by atoms with van der Waals surface area (Å²) >= 11 is 0. The van der Waals surface area contributed by atoms with Crippen molar-refractivity contribution in [2.45, 2.75) is 4.90 Å². The van der Waals surface area contributed by atoms with Crippen LogP contribution >= 0.6 is 0 Å². The van der Waals surface area contributed by atoms with Gasteiger partial charge in [-0.3, -0.25) is 14.7 Å². The van der Waals surface area contributed by atoms with Crippen LogP contribution in [0.1, 0.15) is 0 Å². The quantitative estimate of drug-likeness (QED) is 0.576. The number of nitrogens with one attached hydrogen (secondary N) is 1. The van der Waals surface area contributed by atoms with Crippen molar-refractivity contribution in [1.29, 1.82) is 0 Å². The van der Waals surface area contributed by atoms with Crippen molar-refractivity contribution in [2.24, 2.45) is 0 Å². The Balaban J connectivity index is 1.64. The van der Waals surface area contributed by atoms with Gasteiger partial charge in [-0.05, 0) is 48.5 Å². The highest BCUT2D eigenvalue weighted by Gasteiger charge is 2.16. The predicted octanol–water partition coefficient (Wildman–Crippen LogP) is 4.24. The van der Waals surface area contributed by atoms with E-state index in [1.807, 2.05) is 12.1 Å². The molecule has 0 fully saturated rings. The molecule has 1 N–H and O–H groups in total. The smallest absolute Gasteiger partial charge is 0.263 e. The van der Waals surface area contributed by atoms with Gasteiger partial charge in [-0.25, -0.2) is 12.8 Å². The van der Waals surface area contributed by atoms with Crippen LogP contribution in [-0.2, 0) is 10.0 Å². The molecule has 0 bridgehead atoms. The lowest BCUT2D eigenvalue weighted by molar-refractivity contribution is 0.601. The summed E-state index contributed by atoms with van der Waals surface area (Å²) in [7, 11) is -3.82. The molecule has 5 nitrogen and oxygen atoms in total. The van der Waals surface area contributed by atoms with Crippen molar-refractivity contribution in [3.05, 3.63) is 84.9 Å². The Hall–Kier alpha value is -3.32. The average molecular weight is 379 g/mol. The molecule has 0 saturated carbocycles. The van der Waals surface area contributed by atoms with Gasteiger partial charge in [0.25, 0.3) is 10.0 Å². The molecule has 27 heavy (non-hydrogen) atoms. The number of para-hydroxylation sites is 1. The van der Waals surface area contributed by atoms with Crippen molar-refractivity contribution in [2.75, 3.05) is 4.72 Å². The number of benzene rings is 2. The molecule has 0 atom stereocenters. The fraction of sp³-hybridized carbons (Fsp3) is 0. The maximum atomic E-state index is 13.0. The molecule has 134 valence electrons. The second kappa shape index (κ2) is 6.77. The third-order valence-corrected chi connectivity index (χ3v) is 5.41. The van der Waals surface area contributed by atoms with E-state index in [-0.39, 0.29) is 10.7 Å². The molecule has 0 aliphatic heterocycles. The van der Waals surface area contributed by atoms with E-state index in [0.717, 1.165) is 5.39 Å². The molecule has 2 heterocycles. The third-order valence-electron chi connectivity index (χ3n) is 4.06. The van der Waals surface area contributed by atoms with Gasteiger partial charge in [-0.1, -0.05) is 18.2 Å². The Labute approximate surface area is 155 Å². The Morgan fingerprint density at radius 3 is 2.37 bits per heavy atom. The molecular weight excluding hydrogens is 365 g/mol. The lowest BCUT2D eigenvalue weighted by Crippen LogP contribution is -2.13. The highest BCUT2D eigenvalue weighted by molar-refractivity contribution is 7.92. The number of anilines is 1. The maximum Gasteiger partial charge on any atom is 0.263 e. The van der Waals surface area contributed by atoms with Gasteiger partial charge in [0.1, 0.15) is 10.7 Å². The van der Waals surface area contributed by atoms with E-state index in [1.54, 1.807) is 42.6 Å². The van der Waals surface area contributed by atoms with Crippen LogP contribution < -0.4 is 4.72 Å². The molecule has 2 aromatic heterocycles. The van der Waals surface area contributed by atoms with Crippen LogP contribution in [0, 0.1) is 5.82 Å². The molecule has 2 aromatic carbocycles. The number of sulfonamides is 1. The van der Waals surface area contributed by atoms with Crippen LogP contribution in [0.15, 0.2) is 84.0 Å². The van der Waals surface area contributed by atoms with Gasteiger partial charge in [0.2, 0.25) is 0 Å². The first-order valence-electron chi connectivity index (χ1n) is 8.11. The van der Waals surface area contributed by atoms with E-state index < -0.39 is 10.0 Å². The highest BCUT2D eigenvalue weighted by Crippen LogP contribution is 2.24. The lowest BCUT2D eigenvalue weighted by atomic mass is 10.1. The topological polar surface area (TPSA) is 72.0 Å². The zero-order valence-corrected chi connectivity index (χ0v) is 14.8. The summed E-state index contributed by atoms with van der Waals surface area (Å²) in [5.74, 6) is -0.342. The van der Waals surface area contributed by atoms with E-state index >= 15 is 0 Å². The summed E-state index contributed by atoms with van der Waals surface area (Å²) in [6.45, 7) is 0. The van der Waals surface area contributed by atoms with Crippen LogP contribution in [0.3, 0.4) is 0 Å². The first-order chi connectivity index (χ1) is 13.0. The summed E-state index contributed by atoms with van der Waals surface area (Å²) in [6, 6.07) is 17.8. The first-order valence-corrected chi connectivity index (χ1v) is 9.60. The Kier molecular flexibility index (Phi) is 4.29. The fourth-order valence-electron chi connectivity index (χ4n) is 2.72. The number of rotatable bonds is 4. The summed E-state index contributed by atoms with van der Waals surface area (Å²) in [4.78, 5) is 8.47. The summed E-state index contributed by atoms with van der Waals surface area (Å²) in [5, 5.41) is 0.836. The van der Waals surface area contributed by atoms with Gasteiger partial charge < -0.3 is 0 Å². The normalized spacial score (nSPS) is 11.4. The number of pyridine rings is 2. The fourth-order valence-corrected chi connectivity index (χ4v) is 3.73. The number of hydrogen-bond acceptors (Lipinski definition) is 4. The summed E-state index contributed by atoms with van der Waals surface area (Å²) in [6.07, 6.45) is 2.89. The average Bonchev–Trinajstić information content (AvgIpc) is 2.69. The molecule has 0 aliphatic rings. The molecule has 4 rings (SSSR count). The van der Waals surface area contributed by atoms with Gasteiger partial charge in [0.05, 0.1) is 16.9 Å². The zero-order valence-electron chi connectivity index (χ0n) is 14.0. The zero-order chi connectivity index (χ0) is 18.9. The predicted molar refractivity (Wildman–Crippen MR) is 102 cm³/mol. The van der Waals surface area contributed by atoms with Crippen molar-refractivity contribution in [3.63, 3.8) is 0 Å². The van der Waals surface area contributed by atoms with Gasteiger partial charge in [0, 0.05) is 23.3 Å². The van der Waals surface area contributed by atoms with Crippen molar-refractivity contribution < 1.29 is 12.8 Å². The lowest BCUT2D eigenvalue weighted by Gasteiger charge is -2.10. The molecule has 0 spiro atoms. The Morgan fingerprint density at radius 2 is 1.63 bits per heavy atom. The number of halogens is 1. The van der Waals surface area contributed by atoms with Crippen LogP contribution in [-0.4, -0.2) is 18.4 Å². The monoisotopic (exact) mass is 379 g/mol. The van der Waals surface area contributed by atoms with E-state index in [4.69, 9.17) is 0 Å². The van der Waals surface area contributed by atoms with Gasteiger partial charge >= 0.3 is 0 Å². The van der Waals surface area contributed by atoms with Crippen LogP contribution in [0.2, 0.25) is 0 Å². The number of fused-ring (bicyclic) bond motifs is 1. The van der Waals surface area contributed by atoms with Gasteiger partial charge in [-0.15, -0.1) is 0 Å². The number of aromatic nitrogens is 2. The second-order valence-electron chi connectivity index (χ2n) is 5.87.